The van der Waals surface area contributed by atoms with Gasteiger partial charge in [0.05, 0.1) is 0 Å². The molecule has 0 rings (SSSR count). The molecule has 22 heavy (non-hydrogen) atoms. The number of rotatable bonds is 16. The first-order valence-electron chi connectivity index (χ1n) is 9.84. The van der Waals surface area contributed by atoms with E-state index in [9.17, 15) is 0 Å². The lowest BCUT2D eigenvalue weighted by Crippen LogP contribution is -2.34. The molecule has 0 aromatic carbocycles. The highest BCUT2D eigenvalue weighted by Crippen LogP contribution is 2.20. The Kier molecular flexibility index (Phi) is 14.5. The van der Waals surface area contributed by atoms with E-state index >= 15 is 0 Å². The Morgan fingerprint density at radius 3 is 1.82 bits per heavy atom. The van der Waals surface area contributed by atoms with Crippen LogP contribution < -0.4 is 0 Å². The van der Waals surface area contributed by atoms with E-state index in [1.54, 1.807) is 0 Å². The molecular formula is C20H42OSi. The van der Waals surface area contributed by atoms with Gasteiger partial charge in [0.2, 0.25) is 0 Å². The van der Waals surface area contributed by atoms with Gasteiger partial charge in [0, 0.05) is 6.10 Å². The van der Waals surface area contributed by atoms with E-state index in [1.807, 2.05) is 6.08 Å². The van der Waals surface area contributed by atoms with E-state index in [1.165, 1.54) is 70.6 Å². The van der Waals surface area contributed by atoms with Gasteiger partial charge in [0.1, 0.15) is 0 Å². The lowest BCUT2D eigenvalue weighted by Gasteiger charge is -2.28. The van der Waals surface area contributed by atoms with E-state index in [2.05, 4.69) is 33.5 Å². The van der Waals surface area contributed by atoms with Crippen molar-refractivity contribution >= 4 is 8.32 Å². The Labute approximate surface area is 142 Å². The molecule has 0 aromatic rings. The second kappa shape index (κ2) is 14.5. The zero-order valence-electron chi connectivity index (χ0n) is 16.0. The summed E-state index contributed by atoms with van der Waals surface area (Å²) in [5.74, 6) is 0. The molecular weight excluding hydrogens is 284 g/mol. The van der Waals surface area contributed by atoms with Crippen molar-refractivity contribution in [3.8, 4) is 0 Å². The van der Waals surface area contributed by atoms with Gasteiger partial charge in [0.25, 0.3) is 0 Å². The van der Waals surface area contributed by atoms with Gasteiger partial charge in [-0.25, -0.2) is 0 Å². The molecule has 1 atom stereocenters. The van der Waals surface area contributed by atoms with Crippen LogP contribution in [-0.2, 0) is 4.43 Å². The summed E-state index contributed by atoms with van der Waals surface area (Å²) >= 11 is 0. The summed E-state index contributed by atoms with van der Waals surface area (Å²) in [5.41, 5.74) is 0. The average Bonchev–Trinajstić information content (AvgIpc) is 2.47. The first-order valence-corrected chi connectivity index (χ1v) is 13.0. The maximum absolute atomic E-state index is 6.38. The summed E-state index contributed by atoms with van der Waals surface area (Å²) in [5, 5.41) is 0. The molecule has 0 saturated carbocycles. The van der Waals surface area contributed by atoms with Crippen molar-refractivity contribution in [2.75, 3.05) is 0 Å². The molecule has 1 nitrogen and oxygen atoms in total. The molecule has 0 spiro atoms. The Bertz CT molecular complexity index is 250. The standard InChI is InChI=1S/C20H42OSi/c1-6-9-10-11-12-13-14-15-16-17-18-20(8-3)21-22(4,5)19-7-2/h7,20H,2,6,8-19H2,1,3-5H3. The molecule has 0 aliphatic carbocycles. The fourth-order valence-corrected chi connectivity index (χ4v) is 5.03. The van der Waals surface area contributed by atoms with Crippen molar-refractivity contribution < 1.29 is 4.43 Å². The van der Waals surface area contributed by atoms with Gasteiger partial charge in [0.15, 0.2) is 8.32 Å². The minimum absolute atomic E-state index is 0.482. The SMILES string of the molecule is C=CC[Si](C)(C)OC(CC)CCCCCCCCCCCC. The monoisotopic (exact) mass is 326 g/mol. The maximum Gasteiger partial charge on any atom is 0.190 e. The van der Waals surface area contributed by atoms with Crippen LogP contribution in [0, 0.1) is 0 Å². The Balaban J connectivity index is 3.53. The average molecular weight is 327 g/mol. The van der Waals surface area contributed by atoms with Crippen molar-refractivity contribution in [3.05, 3.63) is 12.7 Å². The fraction of sp³-hybridized carbons (Fsp3) is 0.900. The van der Waals surface area contributed by atoms with Crippen molar-refractivity contribution in [1.82, 2.24) is 0 Å². The summed E-state index contributed by atoms with van der Waals surface area (Å²) in [6.45, 7) is 13.0. The zero-order chi connectivity index (χ0) is 16.7. The van der Waals surface area contributed by atoms with Crippen LogP contribution in [-0.4, -0.2) is 14.4 Å². The van der Waals surface area contributed by atoms with E-state index in [4.69, 9.17) is 4.43 Å². The second-order valence-electron chi connectivity index (χ2n) is 7.37. The van der Waals surface area contributed by atoms with Gasteiger partial charge >= 0.3 is 0 Å². The Morgan fingerprint density at radius 2 is 1.36 bits per heavy atom. The highest BCUT2D eigenvalue weighted by atomic mass is 28.4. The van der Waals surface area contributed by atoms with Crippen LogP contribution >= 0.6 is 0 Å². The van der Waals surface area contributed by atoms with E-state index in [0.717, 1.165) is 12.5 Å². The Hall–Kier alpha value is -0.0831. The van der Waals surface area contributed by atoms with Gasteiger partial charge in [-0.2, -0.15) is 0 Å². The maximum atomic E-state index is 6.38. The molecule has 0 saturated heterocycles. The number of hydrogen-bond donors (Lipinski definition) is 0. The first kappa shape index (κ1) is 21.9. The minimum Gasteiger partial charge on any atom is -0.414 e. The summed E-state index contributed by atoms with van der Waals surface area (Å²) in [7, 11) is -1.50. The third-order valence-electron chi connectivity index (χ3n) is 4.46. The molecule has 1 unspecified atom stereocenters. The van der Waals surface area contributed by atoms with E-state index in [0.29, 0.717) is 6.10 Å². The lowest BCUT2D eigenvalue weighted by molar-refractivity contribution is 0.173. The number of unbranched alkanes of at least 4 members (excludes halogenated alkanes) is 9. The topological polar surface area (TPSA) is 9.23 Å². The largest absolute Gasteiger partial charge is 0.414 e. The minimum atomic E-state index is -1.50. The van der Waals surface area contributed by atoms with Gasteiger partial charge in [-0.3, -0.25) is 0 Å². The fourth-order valence-electron chi connectivity index (χ4n) is 3.05. The number of allylic oxidation sites excluding steroid dienone is 1. The summed E-state index contributed by atoms with van der Waals surface area (Å²) < 4.78 is 6.38. The van der Waals surface area contributed by atoms with Gasteiger partial charge < -0.3 is 4.43 Å². The third-order valence-corrected chi connectivity index (χ3v) is 6.70. The third kappa shape index (κ3) is 13.6. The van der Waals surface area contributed by atoms with Gasteiger partial charge in [-0.1, -0.05) is 84.1 Å². The molecule has 0 aliphatic heterocycles. The molecule has 2 heteroatoms. The molecule has 132 valence electrons. The normalized spacial score (nSPS) is 13.3. The van der Waals surface area contributed by atoms with E-state index in [-0.39, 0.29) is 0 Å². The zero-order valence-corrected chi connectivity index (χ0v) is 17.0. The van der Waals surface area contributed by atoms with Gasteiger partial charge in [-0.05, 0) is 32.0 Å². The predicted molar refractivity (Wildman–Crippen MR) is 104 cm³/mol. The van der Waals surface area contributed by atoms with Crippen LogP contribution in [0.5, 0.6) is 0 Å². The quantitative estimate of drug-likeness (QED) is 0.162. The van der Waals surface area contributed by atoms with Crippen LogP contribution in [0.4, 0.5) is 0 Å². The van der Waals surface area contributed by atoms with E-state index < -0.39 is 8.32 Å². The molecule has 0 aromatic heterocycles. The van der Waals surface area contributed by atoms with Crippen LogP contribution in [0.3, 0.4) is 0 Å². The molecule has 0 fully saturated rings. The molecule has 0 amide bonds. The molecule has 0 radical (unpaired) electrons. The first-order chi connectivity index (χ1) is 10.6. The van der Waals surface area contributed by atoms with Crippen molar-refractivity contribution in [2.24, 2.45) is 0 Å². The summed E-state index contributed by atoms with van der Waals surface area (Å²) in [4.78, 5) is 0. The molecule has 0 aliphatic rings. The van der Waals surface area contributed by atoms with Crippen molar-refractivity contribution in [1.29, 1.82) is 0 Å². The molecule has 0 bridgehead atoms. The van der Waals surface area contributed by atoms with Crippen molar-refractivity contribution in [2.45, 2.75) is 116 Å². The second-order valence-corrected chi connectivity index (χ2v) is 11.5. The van der Waals surface area contributed by atoms with Crippen molar-refractivity contribution in [3.63, 3.8) is 0 Å². The van der Waals surface area contributed by atoms with Crippen LogP contribution in [0.2, 0.25) is 19.1 Å². The van der Waals surface area contributed by atoms with Crippen LogP contribution in [0.25, 0.3) is 0 Å². The van der Waals surface area contributed by atoms with Crippen LogP contribution in [0.1, 0.15) is 90.9 Å². The van der Waals surface area contributed by atoms with Crippen LogP contribution in [0.15, 0.2) is 12.7 Å². The highest BCUT2D eigenvalue weighted by molar-refractivity contribution is 6.71. The van der Waals surface area contributed by atoms with Gasteiger partial charge in [-0.15, -0.1) is 6.58 Å². The molecule has 0 N–H and O–H groups in total. The predicted octanol–water partition coefficient (Wildman–Crippen LogP) is 7.48. The summed E-state index contributed by atoms with van der Waals surface area (Å²) in [6, 6.07) is 1.07. The number of hydrogen-bond acceptors (Lipinski definition) is 1. The Morgan fingerprint density at radius 1 is 0.864 bits per heavy atom. The highest BCUT2D eigenvalue weighted by Gasteiger charge is 2.24. The summed E-state index contributed by atoms with van der Waals surface area (Å²) in [6.07, 6.45) is 19.0. The lowest BCUT2D eigenvalue weighted by atomic mass is 10.0. The smallest absolute Gasteiger partial charge is 0.190 e. The molecule has 0 heterocycles.